The molecule has 7 nitrogen and oxygen atoms in total. The molecule has 0 bridgehead atoms. The Bertz CT molecular complexity index is 798. The third-order valence-electron chi connectivity index (χ3n) is 5.27. The highest BCUT2D eigenvalue weighted by Gasteiger charge is 2.25. The second kappa shape index (κ2) is 6.82. The van der Waals surface area contributed by atoms with E-state index in [9.17, 15) is 9.59 Å². The summed E-state index contributed by atoms with van der Waals surface area (Å²) in [7, 11) is 0. The number of carbonyl (C=O) groups excluding carboxylic acids is 1. The number of amides is 2. The fourth-order valence-corrected chi connectivity index (χ4v) is 3.87. The molecule has 1 aromatic heterocycles. The van der Waals surface area contributed by atoms with Gasteiger partial charge in [-0.05, 0) is 25.0 Å². The monoisotopic (exact) mass is 344 g/mol. The average Bonchev–Trinajstić information content (AvgIpc) is 3.03. The number of fused-ring (bicyclic) bond motifs is 1. The molecule has 2 N–H and O–H groups in total. The van der Waals surface area contributed by atoms with Crippen LogP contribution in [-0.2, 0) is 0 Å². The normalized spacial score (nSPS) is 19.4. The number of piperazine rings is 1. The first-order valence-electron chi connectivity index (χ1n) is 9.13. The number of urea groups is 1. The minimum atomic E-state index is -0.437. The van der Waals surface area contributed by atoms with Gasteiger partial charge >= 0.3 is 11.8 Å². The van der Waals surface area contributed by atoms with Crippen molar-refractivity contribution in [1.29, 1.82) is 0 Å². The van der Waals surface area contributed by atoms with Crippen molar-refractivity contribution < 1.29 is 9.21 Å². The van der Waals surface area contributed by atoms with Crippen LogP contribution < -0.4 is 16.0 Å². The summed E-state index contributed by atoms with van der Waals surface area (Å²) in [5.41, 5.74) is 2.20. The van der Waals surface area contributed by atoms with E-state index in [2.05, 4.69) is 15.2 Å². The maximum absolute atomic E-state index is 12.5. The summed E-state index contributed by atoms with van der Waals surface area (Å²) in [4.78, 5) is 30.7. The number of oxazole rings is 1. The molecule has 134 valence electrons. The first-order valence-corrected chi connectivity index (χ1v) is 9.13. The van der Waals surface area contributed by atoms with Gasteiger partial charge in [-0.2, -0.15) is 0 Å². The van der Waals surface area contributed by atoms with Crippen LogP contribution in [0.2, 0.25) is 0 Å². The molecule has 4 rings (SSSR count). The Labute approximate surface area is 146 Å². The summed E-state index contributed by atoms with van der Waals surface area (Å²) < 4.78 is 5.28. The van der Waals surface area contributed by atoms with E-state index in [0.717, 1.165) is 31.6 Å². The smallest absolute Gasteiger partial charge is 0.406 e. The van der Waals surface area contributed by atoms with E-state index in [1.165, 1.54) is 19.3 Å². The number of nitrogens with one attached hydrogen (secondary N) is 2. The molecule has 0 atom stereocenters. The van der Waals surface area contributed by atoms with Gasteiger partial charge in [0.2, 0.25) is 0 Å². The Morgan fingerprint density at radius 2 is 1.88 bits per heavy atom. The van der Waals surface area contributed by atoms with Gasteiger partial charge < -0.3 is 19.5 Å². The van der Waals surface area contributed by atoms with Crippen molar-refractivity contribution in [2.45, 2.75) is 38.1 Å². The zero-order chi connectivity index (χ0) is 17.2. The highest BCUT2D eigenvalue weighted by Crippen LogP contribution is 2.26. The number of hydrogen-bond acceptors (Lipinski definition) is 4. The summed E-state index contributed by atoms with van der Waals surface area (Å²) in [6, 6.07) is 6.08. The number of rotatable bonds is 2. The van der Waals surface area contributed by atoms with Crippen molar-refractivity contribution in [3.63, 3.8) is 0 Å². The quantitative estimate of drug-likeness (QED) is 0.876. The van der Waals surface area contributed by atoms with Crippen LogP contribution >= 0.6 is 0 Å². The molecule has 1 aliphatic heterocycles. The second-order valence-corrected chi connectivity index (χ2v) is 6.93. The van der Waals surface area contributed by atoms with Crippen LogP contribution in [0, 0.1) is 0 Å². The second-order valence-electron chi connectivity index (χ2n) is 6.93. The van der Waals surface area contributed by atoms with Crippen LogP contribution in [0.1, 0.15) is 32.1 Å². The van der Waals surface area contributed by atoms with Crippen molar-refractivity contribution in [2.75, 3.05) is 31.1 Å². The number of H-pyrrole nitrogens is 1. The lowest BCUT2D eigenvalue weighted by Crippen LogP contribution is -2.53. The predicted octanol–water partition coefficient (Wildman–Crippen LogP) is 2.29. The van der Waals surface area contributed by atoms with Crippen LogP contribution in [0.5, 0.6) is 0 Å². The third-order valence-corrected chi connectivity index (χ3v) is 5.27. The van der Waals surface area contributed by atoms with Crippen LogP contribution in [0.3, 0.4) is 0 Å². The summed E-state index contributed by atoms with van der Waals surface area (Å²) in [5, 5.41) is 3.18. The van der Waals surface area contributed by atoms with Crippen LogP contribution in [-0.4, -0.2) is 48.1 Å². The molecule has 2 fully saturated rings. The fourth-order valence-electron chi connectivity index (χ4n) is 3.87. The molecular formula is C18H24N4O3. The lowest BCUT2D eigenvalue weighted by atomic mass is 9.96. The first kappa shape index (κ1) is 16.1. The largest absolute Gasteiger partial charge is 0.417 e. The van der Waals surface area contributed by atoms with Gasteiger partial charge in [0.25, 0.3) is 0 Å². The standard InChI is InChI=1S/C18H24N4O3/c23-17(19-13-5-2-1-3-6-13)22-11-9-21(10-12-22)15-8-4-7-14-16(15)25-18(24)20-14/h4,7-8,13H,1-3,5-6,9-12H2,(H,19,23)(H,20,24). The average molecular weight is 344 g/mol. The molecule has 25 heavy (non-hydrogen) atoms. The lowest BCUT2D eigenvalue weighted by molar-refractivity contribution is 0.186. The van der Waals surface area contributed by atoms with Crippen molar-refractivity contribution in [1.82, 2.24) is 15.2 Å². The zero-order valence-corrected chi connectivity index (χ0v) is 14.3. The maximum Gasteiger partial charge on any atom is 0.417 e. The SMILES string of the molecule is O=C(NC1CCCCC1)N1CCN(c2cccc3[nH]c(=O)oc23)CC1. The van der Waals surface area contributed by atoms with Crippen LogP contribution in [0.25, 0.3) is 11.1 Å². The topological polar surface area (TPSA) is 81.6 Å². The van der Waals surface area contributed by atoms with Crippen molar-refractivity contribution >= 4 is 22.8 Å². The minimum Gasteiger partial charge on any atom is -0.406 e. The zero-order valence-electron chi connectivity index (χ0n) is 14.3. The van der Waals surface area contributed by atoms with E-state index in [1.54, 1.807) is 0 Å². The number of para-hydroxylation sites is 1. The van der Waals surface area contributed by atoms with Gasteiger partial charge in [-0.1, -0.05) is 25.3 Å². The summed E-state index contributed by atoms with van der Waals surface area (Å²) >= 11 is 0. The number of anilines is 1. The predicted molar refractivity (Wildman–Crippen MR) is 96.0 cm³/mol. The fraction of sp³-hybridized carbons (Fsp3) is 0.556. The molecule has 0 unspecified atom stereocenters. The molecule has 2 heterocycles. The van der Waals surface area contributed by atoms with E-state index in [0.29, 0.717) is 30.2 Å². The molecule has 7 heteroatoms. The van der Waals surface area contributed by atoms with Crippen LogP contribution in [0.15, 0.2) is 27.4 Å². The maximum atomic E-state index is 12.5. The Hall–Kier alpha value is -2.44. The van der Waals surface area contributed by atoms with Gasteiger partial charge in [0, 0.05) is 32.2 Å². The Morgan fingerprint density at radius 3 is 2.64 bits per heavy atom. The summed E-state index contributed by atoms with van der Waals surface area (Å²) in [6.07, 6.45) is 5.90. The number of benzene rings is 1. The number of aromatic nitrogens is 1. The molecule has 1 aliphatic carbocycles. The Kier molecular flexibility index (Phi) is 4.38. The van der Waals surface area contributed by atoms with Crippen molar-refractivity contribution in [3.8, 4) is 0 Å². The highest BCUT2D eigenvalue weighted by molar-refractivity contribution is 5.86. The number of aromatic amines is 1. The van der Waals surface area contributed by atoms with Gasteiger partial charge in [0.1, 0.15) is 0 Å². The number of hydrogen-bond donors (Lipinski definition) is 2. The Balaban J connectivity index is 1.39. The van der Waals surface area contributed by atoms with E-state index in [1.807, 2.05) is 23.1 Å². The van der Waals surface area contributed by atoms with E-state index in [4.69, 9.17) is 4.42 Å². The molecular weight excluding hydrogens is 320 g/mol. The molecule has 0 spiro atoms. The lowest BCUT2D eigenvalue weighted by Gasteiger charge is -2.37. The van der Waals surface area contributed by atoms with E-state index in [-0.39, 0.29) is 6.03 Å². The third kappa shape index (κ3) is 3.36. The molecule has 2 aliphatic rings. The number of carbonyl (C=O) groups is 1. The molecule has 1 aromatic carbocycles. The van der Waals surface area contributed by atoms with Crippen molar-refractivity contribution in [2.24, 2.45) is 0 Å². The van der Waals surface area contributed by atoms with E-state index < -0.39 is 5.76 Å². The summed E-state index contributed by atoms with van der Waals surface area (Å²) in [5.74, 6) is -0.437. The molecule has 2 aromatic rings. The van der Waals surface area contributed by atoms with Gasteiger partial charge in [0.05, 0.1) is 11.2 Å². The molecule has 0 radical (unpaired) electrons. The van der Waals surface area contributed by atoms with Gasteiger partial charge in [0.15, 0.2) is 5.58 Å². The minimum absolute atomic E-state index is 0.0536. The van der Waals surface area contributed by atoms with Gasteiger partial charge in [-0.3, -0.25) is 4.98 Å². The molecule has 1 saturated heterocycles. The van der Waals surface area contributed by atoms with Gasteiger partial charge in [-0.15, -0.1) is 0 Å². The molecule has 2 amide bonds. The first-order chi connectivity index (χ1) is 12.2. The highest BCUT2D eigenvalue weighted by atomic mass is 16.4. The number of nitrogens with zero attached hydrogens (tertiary/aromatic N) is 2. The van der Waals surface area contributed by atoms with Crippen molar-refractivity contribution in [3.05, 3.63) is 28.7 Å². The summed E-state index contributed by atoms with van der Waals surface area (Å²) in [6.45, 7) is 2.80. The Morgan fingerprint density at radius 1 is 1.12 bits per heavy atom. The molecule has 1 saturated carbocycles. The van der Waals surface area contributed by atoms with E-state index >= 15 is 0 Å². The van der Waals surface area contributed by atoms with Crippen LogP contribution in [0.4, 0.5) is 10.5 Å². The van der Waals surface area contributed by atoms with Gasteiger partial charge in [-0.25, -0.2) is 9.59 Å².